The van der Waals surface area contributed by atoms with Gasteiger partial charge in [0.15, 0.2) is 0 Å². The van der Waals surface area contributed by atoms with Crippen LogP contribution in [0.2, 0.25) is 39.3 Å². The topological polar surface area (TPSA) is 38.3 Å². The molecule has 5 heteroatoms. The monoisotopic (exact) mass is 289 g/mol. The van der Waals surface area contributed by atoms with Crippen molar-refractivity contribution in [3.8, 4) is 0 Å². The van der Waals surface area contributed by atoms with E-state index in [4.69, 9.17) is 4.43 Å². The molecule has 0 heterocycles. The summed E-state index contributed by atoms with van der Waals surface area (Å²) < 4.78 is 5.71. The SMILES string of the molecule is CC(C)CC(C)(N[Si](C)(C)C)C(=O)O[Si](C)(C)C. The Morgan fingerprint density at radius 2 is 1.61 bits per heavy atom. The fourth-order valence-corrected chi connectivity index (χ4v) is 4.86. The quantitative estimate of drug-likeness (QED) is 0.759. The maximum absolute atomic E-state index is 12.5. The maximum atomic E-state index is 12.5. The molecule has 0 spiro atoms. The summed E-state index contributed by atoms with van der Waals surface area (Å²) in [5, 5.41) is 0. The van der Waals surface area contributed by atoms with E-state index in [1.54, 1.807) is 0 Å². The van der Waals surface area contributed by atoms with E-state index in [0.717, 1.165) is 6.42 Å². The van der Waals surface area contributed by atoms with Crippen molar-refractivity contribution in [2.45, 2.75) is 72.0 Å². The van der Waals surface area contributed by atoms with Crippen molar-refractivity contribution in [1.29, 1.82) is 0 Å². The van der Waals surface area contributed by atoms with E-state index in [9.17, 15) is 4.79 Å². The molecule has 0 aromatic rings. The summed E-state index contributed by atoms with van der Waals surface area (Å²) in [4.78, 5) is 16.0. The normalized spacial score (nSPS) is 16.6. The third-order valence-corrected chi connectivity index (χ3v) is 4.42. The van der Waals surface area contributed by atoms with E-state index >= 15 is 0 Å². The summed E-state index contributed by atoms with van der Waals surface area (Å²) >= 11 is 0. The molecule has 0 aliphatic rings. The summed E-state index contributed by atoms with van der Waals surface area (Å²) in [5.74, 6) is 0.394. The van der Waals surface area contributed by atoms with Crippen molar-refractivity contribution < 1.29 is 9.22 Å². The molecule has 0 aromatic heterocycles. The van der Waals surface area contributed by atoms with Gasteiger partial charge in [-0.25, -0.2) is 0 Å². The second kappa shape index (κ2) is 5.88. The Balaban J connectivity index is 5.03. The van der Waals surface area contributed by atoms with Crippen LogP contribution in [0.4, 0.5) is 0 Å². The van der Waals surface area contributed by atoms with Crippen LogP contribution in [0.3, 0.4) is 0 Å². The lowest BCUT2D eigenvalue weighted by molar-refractivity contribution is -0.142. The van der Waals surface area contributed by atoms with Gasteiger partial charge in [-0.15, -0.1) is 0 Å². The Bertz CT molecular complexity index is 292. The predicted molar refractivity (Wildman–Crippen MR) is 83.8 cm³/mol. The van der Waals surface area contributed by atoms with Gasteiger partial charge >= 0.3 is 5.97 Å². The number of carbonyl (C=O) groups excluding carboxylic acids is 1. The van der Waals surface area contributed by atoms with E-state index in [0.29, 0.717) is 5.92 Å². The lowest BCUT2D eigenvalue weighted by atomic mass is 9.92. The highest BCUT2D eigenvalue weighted by Crippen LogP contribution is 2.22. The van der Waals surface area contributed by atoms with Gasteiger partial charge in [0, 0.05) is 0 Å². The number of hydrogen-bond acceptors (Lipinski definition) is 3. The molecule has 18 heavy (non-hydrogen) atoms. The van der Waals surface area contributed by atoms with Gasteiger partial charge in [0.1, 0.15) is 13.8 Å². The van der Waals surface area contributed by atoms with Crippen LogP contribution in [0.25, 0.3) is 0 Å². The summed E-state index contributed by atoms with van der Waals surface area (Å²) in [6.07, 6.45) is 0.820. The fraction of sp³-hybridized carbons (Fsp3) is 0.923. The fourth-order valence-electron chi connectivity index (χ4n) is 2.22. The van der Waals surface area contributed by atoms with Gasteiger partial charge in [-0.3, -0.25) is 4.79 Å². The van der Waals surface area contributed by atoms with E-state index < -0.39 is 22.1 Å². The smallest absolute Gasteiger partial charge is 0.312 e. The standard InChI is InChI=1S/C13H31NO2Si2/c1-11(2)10-13(3,14-17(4,5)6)12(15)16-18(7,8)9/h11,14H,10H2,1-9H3. The first-order valence-electron chi connectivity index (χ1n) is 6.78. The molecule has 0 aromatic carbocycles. The average molecular weight is 290 g/mol. The molecule has 0 radical (unpaired) electrons. The van der Waals surface area contributed by atoms with Crippen molar-refractivity contribution in [3.05, 3.63) is 0 Å². The molecule has 1 unspecified atom stereocenters. The molecule has 0 aliphatic carbocycles. The predicted octanol–water partition coefficient (Wildman–Crippen LogP) is 3.59. The minimum atomic E-state index is -1.83. The van der Waals surface area contributed by atoms with Crippen molar-refractivity contribution in [2.24, 2.45) is 5.92 Å². The Morgan fingerprint density at radius 3 is 1.89 bits per heavy atom. The lowest BCUT2D eigenvalue weighted by Gasteiger charge is -2.38. The first-order valence-corrected chi connectivity index (χ1v) is 13.7. The van der Waals surface area contributed by atoms with E-state index in [1.165, 1.54) is 0 Å². The Kier molecular flexibility index (Phi) is 5.84. The van der Waals surface area contributed by atoms with Crippen LogP contribution in [0.5, 0.6) is 0 Å². The summed E-state index contributed by atoms with van der Waals surface area (Å²) in [6, 6.07) is 0. The summed E-state index contributed by atoms with van der Waals surface area (Å²) in [6.45, 7) is 19.1. The lowest BCUT2D eigenvalue weighted by Crippen LogP contribution is -2.61. The zero-order valence-corrected chi connectivity index (χ0v) is 15.6. The zero-order valence-electron chi connectivity index (χ0n) is 13.6. The van der Waals surface area contributed by atoms with E-state index in [1.807, 2.05) is 6.92 Å². The third kappa shape index (κ3) is 7.33. The van der Waals surface area contributed by atoms with Gasteiger partial charge in [-0.2, -0.15) is 0 Å². The largest absolute Gasteiger partial charge is 0.519 e. The van der Waals surface area contributed by atoms with Crippen molar-refractivity contribution in [3.63, 3.8) is 0 Å². The minimum absolute atomic E-state index is 0.0715. The van der Waals surface area contributed by atoms with Crippen molar-refractivity contribution in [2.75, 3.05) is 0 Å². The van der Waals surface area contributed by atoms with Gasteiger partial charge in [-0.1, -0.05) is 33.5 Å². The highest BCUT2D eigenvalue weighted by atomic mass is 28.4. The molecular formula is C13H31NO2Si2. The first kappa shape index (κ1) is 17.9. The molecule has 0 bridgehead atoms. The highest BCUT2D eigenvalue weighted by molar-refractivity contribution is 6.74. The van der Waals surface area contributed by atoms with Gasteiger partial charge in [0.25, 0.3) is 0 Å². The first-order chi connectivity index (χ1) is 7.75. The van der Waals surface area contributed by atoms with Crippen molar-refractivity contribution in [1.82, 2.24) is 4.98 Å². The Labute approximate surface area is 115 Å². The van der Waals surface area contributed by atoms with Gasteiger partial charge in [0.05, 0.1) is 0 Å². The maximum Gasteiger partial charge on any atom is 0.312 e. The second-order valence-electron chi connectivity index (χ2n) is 7.81. The number of hydrogen-bond donors (Lipinski definition) is 1. The molecule has 0 aliphatic heterocycles. The van der Waals surface area contributed by atoms with Crippen LogP contribution in [0.1, 0.15) is 27.2 Å². The Hall–Kier alpha value is -0.136. The van der Waals surface area contributed by atoms with Crippen LogP contribution >= 0.6 is 0 Å². The molecule has 0 fully saturated rings. The highest BCUT2D eigenvalue weighted by Gasteiger charge is 2.40. The van der Waals surface area contributed by atoms with E-state index in [-0.39, 0.29) is 5.97 Å². The van der Waals surface area contributed by atoms with Crippen LogP contribution in [-0.4, -0.2) is 28.1 Å². The van der Waals surface area contributed by atoms with Crippen LogP contribution in [0, 0.1) is 5.92 Å². The number of nitrogens with one attached hydrogen (secondary N) is 1. The molecule has 1 N–H and O–H groups in total. The molecule has 0 rings (SSSR count). The molecule has 3 nitrogen and oxygen atoms in total. The summed E-state index contributed by atoms with van der Waals surface area (Å²) in [5.41, 5.74) is -0.543. The zero-order chi connectivity index (χ0) is 14.8. The third-order valence-electron chi connectivity index (χ3n) is 2.32. The van der Waals surface area contributed by atoms with Gasteiger partial charge in [0.2, 0.25) is 8.32 Å². The van der Waals surface area contributed by atoms with Crippen LogP contribution in [0.15, 0.2) is 0 Å². The van der Waals surface area contributed by atoms with Gasteiger partial charge in [-0.05, 0) is 38.9 Å². The average Bonchev–Trinajstić information content (AvgIpc) is 1.93. The van der Waals surface area contributed by atoms with Crippen LogP contribution < -0.4 is 4.98 Å². The molecular weight excluding hydrogens is 258 g/mol. The molecule has 108 valence electrons. The molecule has 1 atom stereocenters. The Morgan fingerprint density at radius 1 is 1.17 bits per heavy atom. The van der Waals surface area contributed by atoms with Crippen LogP contribution in [-0.2, 0) is 9.22 Å². The molecule has 0 amide bonds. The molecule has 0 saturated carbocycles. The number of rotatable bonds is 6. The second-order valence-corrected chi connectivity index (χ2v) is 17.0. The van der Waals surface area contributed by atoms with Crippen molar-refractivity contribution >= 4 is 22.5 Å². The van der Waals surface area contributed by atoms with E-state index in [2.05, 4.69) is 58.1 Å². The summed E-state index contributed by atoms with van der Waals surface area (Å²) in [7, 11) is -3.36. The molecule has 0 saturated heterocycles. The minimum Gasteiger partial charge on any atom is -0.519 e. The number of carbonyl (C=O) groups is 1. The van der Waals surface area contributed by atoms with Gasteiger partial charge < -0.3 is 9.41 Å².